The standard InChI is InChI=1S/C15H20FN3/c1-11-7-14(19(3)18-11)10-15(2,17)9-12-5-4-6-13(16)8-12/h4-8H,9-10,17H2,1-3H3. The van der Waals surface area contributed by atoms with Gasteiger partial charge >= 0.3 is 0 Å². The SMILES string of the molecule is Cc1cc(CC(C)(N)Cc2cccc(F)c2)n(C)n1. The number of aromatic nitrogens is 2. The quantitative estimate of drug-likeness (QED) is 0.918. The van der Waals surface area contributed by atoms with Gasteiger partial charge in [0, 0.05) is 24.7 Å². The van der Waals surface area contributed by atoms with Gasteiger partial charge in [-0.3, -0.25) is 4.68 Å². The van der Waals surface area contributed by atoms with Crippen LogP contribution in [0, 0.1) is 12.7 Å². The first kappa shape index (κ1) is 13.7. The molecule has 0 saturated carbocycles. The fourth-order valence-electron chi connectivity index (χ4n) is 2.42. The van der Waals surface area contributed by atoms with E-state index in [4.69, 9.17) is 5.73 Å². The molecule has 2 N–H and O–H groups in total. The van der Waals surface area contributed by atoms with Crippen LogP contribution < -0.4 is 5.73 Å². The van der Waals surface area contributed by atoms with Crippen molar-refractivity contribution in [2.45, 2.75) is 32.2 Å². The highest BCUT2D eigenvalue weighted by atomic mass is 19.1. The monoisotopic (exact) mass is 261 g/mol. The number of hydrogen-bond acceptors (Lipinski definition) is 2. The molecule has 102 valence electrons. The van der Waals surface area contributed by atoms with Gasteiger partial charge in [-0.05, 0) is 44.0 Å². The summed E-state index contributed by atoms with van der Waals surface area (Å²) in [5.74, 6) is -0.218. The fraction of sp³-hybridized carbons (Fsp3) is 0.400. The molecule has 1 aromatic heterocycles. The first-order valence-corrected chi connectivity index (χ1v) is 6.39. The van der Waals surface area contributed by atoms with Gasteiger partial charge < -0.3 is 5.73 Å². The van der Waals surface area contributed by atoms with Crippen LogP contribution in [0.25, 0.3) is 0 Å². The van der Waals surface area contributed by atoms with Crippen LogP contribution >= 0.6 is 0 Å². The molecule has 0 aliphatic rings. The van der Waals surface area contributed by atoms with Crippen LogP contribution in [0.4, 0.5) is 4.39 Å². The van der Waals surface area contributed by atoms with Crippen molar-refractivity contribution in [3.63, 3.8) is 0 Å². The highest BCUT2D eigenvalue weighted by molar-refractivity contribution is 5.20. The molecule has 1 unspecified atom stereocenters. The van der Waals surface area contributed by atoms with Crippen molar-refractivity contribution >= 4 is 0 Å². The highest BCUT2D eigenvalue weighted by Crippen LogP contribution is 2.17. The first-order valence-electron chi connectivity index (χ1n) is 6.39. The lowest BCUT2D eigenvalue weighted by Gasteiger charge is -2.24. The molecule has 1 aromatic carbocycles. The Labute approximate surface area is 113 Å². The zero-order valence-corrected chi connectivity index (χ0v) is 11.7. The Morgan fingerprint density at radius 3 is 2.63 bits per heavy atom. The Kier molecular flexibility index (Phi) is 3.71. The third-order valence-electron chi connectivity index (χ3n) is 3.18. The summed E-state index contributed by atoms with van der Waals surface area (Å²) < 4.78 is 15.0. The summed E-state index contributed by atoms with van der Waals surface area (Å²) in [7, 11) is 1.92. The molecule has 0 radical (unpaired) electrons. The van der Waals surface area contributed by atoms with Crippen LogP contribution in [0.15, 0.2) is 30.3 Å². The van der Waals surface area contributed by atoms with Crippen molar-refractivity contribution in [3.05, 3.63) is 53.1 Å². The molecule has 0 fully saturated rings. The molecular formula is C15H20FN3. The summed E-state index contributed by atoms with van der Waals surface area (Å²) >= 11 is 0. The van der Waals surface area contributed by atoms with Crippen LogP contribution in [-0.2, 0) is 19.9 Å². The maximum atomic E-state index is 13.2. The number of halogens is 1. The summed E-state index contributed by atoms with van der Waals surface area (Å²) in [6.07, 6.45) is 1.34. The van der Waals surface area contributed by atoms with E-state index in [1.165, 1.54) is 6.07 Å². The van der Waals surface area contributed by atoms with E-state index in [0.29, 0.717) is 12.8 Å². The minimum atomic E-state index is -0.423. The van der Waals surface area contributed by atoms with E-state index in [1.807, 2.05) is 37.7 Å². The normalized spacial score (nSPS) is 14.4. The predicted molar refractivity (Wildman–Crippen MR) is 74.3 cm³/mol. The average Bonchev–Trinajstić information content (AvgIpc) is 2.55. The highest BCUT2D eigenvalue weighted by Gasteiger charge is 2.22. The van der Waals surface area contributed by atoms with E-state index in [1.54, 1.807) is 12.1 Å². The van der Waals surface area contributed by atoms with Gasteiger partial charge in [0.2, 0.25) is 0 Å². The average molecular weight is 261 g/mol. The lowest BCUT2D eigenvalue weighted by atomic mass is 9.89. The predicted octanol–water partition coefficient (Wildman–Crippen LogP) is 2.37. The summed E-state index contributed by atoms with van der Waals surface area (Å²) in [6.45, 7) is 3.95. The van der Waals surface area contributed by atoms with Crippen molar-refractivity contribution in [1.29, 1.82) is 0 Å². The van der Waals surface area contributed by atoms with Gasteiger partial charge in [0.05, 0.1) is 5.69 Å². The summed E-state index contributed by atoms with van der Waals surface area (Å²) in [4.78, 5) is 0. The second kappa shape index (κ2) is 5.13. The van der Waals surface area contributed by atoms with E-state index >= 15 is 0 Å². The second-order valence-corrected chi connectivity index (χ2v) is 5.54. The topological polar surface area (TPSA) is 43.8 Å². The first-order chi connectivity index (χ1) is 8.85. The van der Waals surface area contributed by atoms with Crippen molar-refractivity contribution < 1.29 is 4.39 Å². The Morgan fingerprint density at radius 1 is 1.32 bits per heavy atom. The van der Waals surface area contributed by atoms with Crippen LogP contribution in [0.3, 0.4) is 0 Å². The smallest absolute Gasteiger partial charge is 0.123 e. The summed E-state index contributed by atoms with van der Waals surface area (Å²) in [6, 6.07) is 8.65. The largest absolute Gasteiger partial charge is 0.325 e. The van der Waals surface area contributed by atoms with Crippen LogP contribution in [0.1, 0.15) is 23.9 Å². The molecule has 2 rings (SSSR count). The van der Waals surface area contributed by atoms with Crippen LogP contribution in [-0.4, -0.2) is 15.3 Å². The molecule has 0 spiro atoms. The minimum Gasteiger partial charge on any atom is -0.325 e. The number of hydrogen-bond donors (Lipinski definition) is 1. The lowest BCUT2D eigenvalue weighted by Crippen LogP contribution is -2.41. The summed E-state index contributed by atoms with van der Waals surface area (Å²) in [5, 5.41) is 4.32. The van der Waals surface area contributed by atoms with Crippen molar-refractivity contribution in [2.75, 3.05) is 0 Å². The van der Waals surface area contributed by atoms with Crippen molar-refractivity contribution in [2.24, 2.45) is 12.8 Å². The van der Waals surface area contributed by atoms with Gasteiger partial charge in [-0.1, -0.05) is 12.1 Å². The van der Waals surface area contributed by atoms with E-state index in [-0.39, 0.29) is 5.82 Å². The number of aryl methyl sites for hydroxylation is 2. The maximum absolute atomic E-state index is 13.2. The van der Waals surface area contributed by atoms with Gasteiger partial charge in [-0.15, -0.1) is 0 Å². The van der Waals surface area contributed by atoms with Gasteiger partial charge in [0.25, 0.3) is 0 Å². The molecule has 0 bridgehead atoms. The summed E-state index contributed by atoms with van der Waals surface area (Å²) in [5.41, 5.74) is 8.92. The Morgan fingerprint density at radius 2 is 2.05 bits per heavy atom. The third-order valence-corrected chi connectivity index (χ3v) is 3.18. The van der Waals surface area contributed by atoms with Crippen LogP contribution in [0.5, 0.6) is 0 Å². The number of nitrogens with two attached hydrogens (primary N) is 1. The van der Waals surface area contributed by atoms with Gasteiger partial charge in [0.15, 0.2) is 0 Å². The Balaban J connectivity index is 2.12. The van der Waals surface area contributed by atoms with Gasteiger partial charge in [-0.25, -0.2) is 4.39 Å². The van der Waals surface area contributed by atoms with E-state index in [9.17, 15) is 4.39 Å². The van der Waals surface area contributed by atoms with E-state index < -0.39 is 5.54 Å². The van der Waals surface area contributed by atoms with Gasteiger partial charge in [-0.2, -0.15) is 5.10 Å². The van der Waals surface area contributed by atoms with E-state index in [0.717, 1.165) is 17.0 Å². The molecule has 0 aliphatic heterocycles. The third kappa shape index (κ3) is 3.64. The molecule has 0 aliphatic carbocycles. The molecule has 19 heavy (non-hydrogen) atoms. The number of nitrogens with zero attached hydrogens (tertiary/aromatic N) is 2. The number of benzene rings is 1. The zero-order chi connectivity index (χ0) is 14.0. The maximum Gasteiger partial charge on any atom is 0.123 e. The lowest BCUT2D eigenvalue weighted by molar-refractivity contribution is 0.446. The Bertz CT molecular complexity index is 573. The van der Waals surface area contributed by atoms with Crippen molar-refractivity contribution in [3.8, 4) is 0 Å². The fourth-order valence-corrected chi connectivity index (χ4v) is 2.42. The molecule has 0 saturated heterocycles. The molecule has 1 heterocycles. The molecule has 0 amide bonds. The molecule has 4 heteroatoms. The molecular weight excluding hydrogens is 241 g/mol. The minimum absolute atomic E-state index is 0.218. The van der Waals surface area contributed by atoms with E-state index in [2.05, 4.69) is 5.10 Å². The molecule has 1 atom stereocenters. The second-order valence-electron chi connectivity index (χ2n) is 5.54. The zero-order valence-electron chi connectivity index (χ0n) is 11.7. The van der Waals surface area contributed by atoms with Crippen molar-refractivity contribution in [1.82, 2.24) is 9.78 Å². The molecule has 2 aromatic rings. The van der Waals surface area contributed by atoms with Crippen LogP contribution in [0.2, 0.25) is 0 Å². The Hall–Kier alpha value is -1.68. The van der Waals surface area contributed by atoms with Gasteiger partial charge in [0.1, 0.15) is 5.82 Å². The molecule has 3 nitrogen and oxygen atoms in total. The number of rotatable bonds is 4.